The van der Waals surface area contributed by atoms with Crippen LogP contribution in [0, 0.1) is 6.92 Å². The summed E-state index contributed by atoms with van der Waals surface area (Å²) in [5.74, 6) is -0.284. The van der Waals surface area contributed by atoms with Crippen LogP contribution in [0.3, 0.4) is 0 Å². The number of phenols is 1. The summed E-state index contributed by atoms with van der Waals surface area (Å²) in [5, 5.41) is 13.2. The highest BCUT2D eigenvalue weighted by molar-refractivity contribution is 7.89. The second kappa shape index (κ2) is 8.32. The van der Waals surface area contributed by atoms with E-state index in [1.807, 2.05) is 13.8 Å². The van der Waals surface area contributed by atoms with Crippen molar-refractivity contribution in [3.63, 3.8) is 0 Å². The summed E-state index contributed by atoms with van der Waals surface area (Å²) >= 11 is 0. The van der Waals surface area contributed by atoms with Gasteiger partial charge in [0.2, 0.25) is 10.0 Å². The maximum absolute atomic E-state index is 12.4. The molecular formula is C18H23N5O6S2. The van der Waals surface area contributed by atoms with Gasteiger partial charge in [0, 0.05) is 14.1 Å². The molecule has 11 nitrogen and oxygen atoms in total. The van der Waals surface area contributed by atoms with Crippen LogP contribution in [0.4, 0.5) is 5.69 Å². The van der Waals surface area contributed by atoms with E-state index >= 15 is 0 Å². The average molecular weight is 470 g/mol. The van der Waals surface area contributed by atoms with E-state index < -0.39 is 32.0 Å². The van der Waals surface area contributed by atoms with Crippen LogP contribution in [-0.4, -0.2) is 52.0 Å². The minimum atomic E-state index is -4.05. The molecule has 0 radical (unpaired) electrons. The first-order valence-electron chi connectivity index (χ1n) is 9.22. The zero-order valence-electron chi connectivity index (χ0n) is 17.3. The number of nitrogens with one attached hydrogen (secondary N) is 2. The number of aryl methyl sites for hydroxylation is 1. The van der Waals surface area contributed by atoms with Crippen LogP contribution in [0.2, 0.25) is 0 Å². The van der Waals surface area contributed by atoms with Crippen molar-refractivity contribution in [1.82, 2.24) is 9.03 Å². The van der Waals surface area contributed by atoms with Crippen LogP contribution in [0.1, 0.15) is 30.7 Å². The minimum absolute atomic E-state index is 0.0461. The predicted octanol–water partition coefficient (Wildman–Crippen LogP) is 1.75. The third-order valence-corrected chi connectivity index (χ3v) is 7.14. The average Bonchev–Trinajstić information content (AvgIpc) is 3.23. The van der Waals surface area contributed by atoms with Crippen LogP contribution in [0.5, 0.6) is 5.75 Å². The molecule has 13 heteroatoms. The third-order valence-electron chi connectivity index (χ3n) is 4.42. The molecule has 168 valence electrons. The van der Waals surface area contributed by atoms with E-state index in [1.165, 1.54) is 32.3 Å². The third kappa shape index (κ3) is 4.73. The van der Waals surface area contributed by atoms with Gasteiger partial charge in [-0.15, -0.1) is 4.40 Å². The maximum atomic E-state index is 12.4. The van der Waals surface area contributed by atoms with E-state index in [-0.39, 0.29) is 22.3 Å². The molecule has 1 atom stereocenters. The number of nitrogens with zero attached hydrogens (tertiary/aromatic N) is 3. The van der Waals surface area contributed by atoms with Crippen molar-refractivity contribution in [2.75, 3.05) is 19.4 Å². The molecule has 0 saturated carbocycles. The number of benzene rings is 1. The van der Waals surface area contributed by atoms with Gasteiger partial charge in [0.25, 0.3) is 0 Å². The molecule has 2 heterocycles. The van der Waals surface area contributed by atoms with E-state index in [2.05, 4.69) is 19.4 Å². The van der Waals surface area contributed by atoms with Crippen LogP contribution >= 0.6 is 0 Å². The lowest BCUT2D eigenvalue weighted by Gasteiger charge is -2.15. The molecule has 1 aromatic heterocycles. The Labute approximate surface area is 180 Å². The van der Waals surface area contributed by atoms with Gasteiger partial charge in [-0.2, -0.15) is 8.42 Å². The highest BCUT2D eigenvalue weighted by Crippen LogP contribution is 2.33. The zero-order valence-corrected chi connectivity index (χ0v) is 19.0. The fraction of sp³-hybridized carbons (Fsp3) is 0.333. The first-order chi connectivity index (χ1) is 14.4. The molecule has 0 spiro atoms. The largest absolute Gasteiger partial charge is 0.504 e. The van der Waals surface area contributed by atoms with Gasteiger partial charge in [0.05, 0.1) is 12.0 Å². The second-order valence-corrected chi connectivity index (χ2v) is 10.5. The number of phenolic OH excluding ortho intramolecular Hbond substituents is 1. The van der Waals surface area contributed by atoms with Gasteiger partial charge in [0.1, 0.15) is 16.7 Å². The van der Waals surface area contributed by atoms with Gasteiger partial charge in [-0.1, -0.05) is 13.0 Å². The van der Waals surface area contributed by atoms with Crippen molar-refractivity contribution >= 4 is 37.6 Å². The second-order valence-electron chi connectivity index (χ2n) is 7.01. The quantitative estimate of drug-likeness (QED) is 0.545. The minimum Gasteiger partial charge on any atom is -0.504 e. The van der Waals surface area contributed by atoms with Gasteiger partial charge >= 0.3 is 10.2 Å². The van der Waals surface area contributed by atoms with Crippen LogP contribution in [0.25, 0.3) is 0 Å². The number of para-hydroxylation sites is 1. The molecule has 2 aromatic rings. The number of aliphatic imine (C=N–C) groups is 1. The summed E-state index contributed by atoms with van der Waals surface area (Å²) in [6.45, 7) is 3.72. The van der Waals surface area contributed by atoms with Crippen molar-refractivity contribution in [3.05, 3.63) is 41.9 Å². The predicted molar refractivity (Wildman–Crippen MR) is 116 cm³/mol. The Hall–Kier alpha value is -2.90. The fourth-order valence-electron chi connectivity index (χ4n) is 2.82. The van der Waals surface area contributed by atoms with Crippen molar-refractivity contribution in [2.45, 2.75) is 31.2 Å². The van der Waals surface area contributed by atoms with Gasteiger partial charge in [-0.25, -0.2) is 17.4 Å². The standard InChI is InChI=1S/C18H23N5O6S2/c1-5-12(14-9-11(2)10-29-14)19-17-18(22-31(27,28)21-17)20-13-7-6-8-15(16(13)24)30(25,26)23(3)4/h6-10,12,24H,5H2,1-4H3,(H,19,21)(H,20,22)/t12-/m1/s1. The molecule has 3 N–H and O–H groups in total. The highest BCUT2D eigenvalue weighted by Gasteiger charge is 2.30. The summed E-state index contributed by atoms with van der Waals surface area (Å²) in [4.78, 5) is 4.07. The van der Waals surface area contributed by atoms with Crippen molar-refractivity contribution in [2.24, 2.45) is 9.39 Å². The van der Waals surface area contributed by atoms with Crippen molar-refractivity contribution < 1.29 is 26.4 Å². The Kier molecular flexibility index (Phi) is 6.11. The van der Waals surface area contributed by atoms with Crippen molar-refractivity contribution in [3.8, 4) is 5.75 Å². The molecule has 3 rings (SSSR count). The molecule has 1 aromatic carbocycles. The number of anilines is 1. The Morgan fingerprint density at radius 2 is 2.06 bits per heavy atom. The normalized spacial score (nSPS) is 18.1. The van der Waals surface area contributed by atoms with E-state index in [4.69, 9.17) is 4.42 Å². The fourth-order valence-corrected chi connectivity index (χ4v) is 4.63. The number of hydrogen-bond donors (Lipinski definition) is 3. The zero-order chi connectivity index (χ0) is 23.0. The topological polar surface area (TPSA) is 154 Å². The summed E-state index contributed by atoms with van der Waals surface area (Å²) < 4.78 is 61.2. The number of hydrogen-bond acceptors (Lipinski definition) is 8. The lowest BCUT2D eigenvalue weighted by atomic mass is 10.1. The number of furan rings is 1. The SMILES string of the molecule is CC[C@@H](N=C1NS(=O)(=O)N=C1Nc1cccc(S(=O)(=O)N(C)C)c1O)c1cc(C)co1. The molecule has 0 aliphatic carbocycles. The lowest BCUT2D eigenvalue weighted by Crippen LogP contribution is -2.31. The maximum Gasteiger partial charge on any atom is 0.345 e. The smallest absolute Gasteiger partial charge is 0.345 e. The summed E-state index contributed by atoms with van der Waals surface area (Å²) in [6, 6.07) is 5.36. The highest BCUT2D eigenvalue weighted by atomic mass is 32.2. The molecule has 1 aliphatic rings. The number of rotatable bonds is 6. The van der Waals surface area contributed by atoms with E-state index in [0.717, 1.165) is 9.87 Å². The van der Waals surface area contributed by atoms with Gasteiger partial charge < -0.3 is 14.8 Å². The van der Waals surface area contributed by atoms with Crippen molar-refractivity contribution in [1.29, 1.82) is 0 Å². The Morgan fingerprint density at radius 1 is 1.35 bits per heavy atom. The number of aromatic hydroxyl groups is 1. The Bertz CT molecular complexity index is 1260. The lowest BCUT2D eigenvalue weighted by molar-refractivity contribution is 0.454. The molecule has 0 unspecified atom stereocenters. The van der Waals surface area contributed by atoms with Crippen LogP contribution in [-0.2, 0) is 20.2 Å². The first kappa shape index (κ1) is 22.8. The van der Waals surface area contributed by atoms with E-state index in [1.54, 1.807) is 12.3 Å². The Balaban J connectivity index is 2.00. The monoisotopic (exact) mass is 469 g/mol. The van der Waals surface area contributed by atoms with Gasteiger partial charge in [0.15, 0.2) is 17.4 Å². The summed E-state index contributed by atoms with van der Waals surface area (Å²) in [5.41, 5.74) is 0.853. The van der Waals surface area contributed by atoms with E-state index in [0.29, 0.717) is 12.2 Å². The molecule has 0 fully saturated rings. The molecular weight excluding hydrogens is 446 g/mol. The molecule has 0 saturated heterocycles. The summed E-state index contributed by atoms with van der Waals surface area (Å²) in [6.07, 6.45) is 2.09. The first-order valence-corrected chi connectivity index (χ1v) is 12.1. The molecule has 1 aliphatic heterocycles. The van der Waals surface area contributed by atoms with E-state index in [9.17, 15) is 21.9 Å². The number of amidine groups is 2. The Morgan fingerprint density at radius 3 is 2.65 bits per heavy atom. The molecule has 31 heavy (non-hydrogen) atoms. The van der Waals surface area contributed by atoms with Crippen LogP contribution in [0.15, 0.2) is 49.2 Å². The number of sulfonamides is 1. The van der Waals surface area contributed by atoms with Crippen LogP contribution < -0.4 is 10.0 Å². The van der Waals surface area contributed by atoms with Gasteiger partial charge in [-0.05, 0) is 37.1 Å². The summed E-state index contributed by atoms with van der Waals surface area (Å²) in [7, 11) is -5.32. The molecule has 0 amide bonds. The van der Waals surface area contributed by atoms with Gasteiger partial charge in [-0.3, -0.25) is 4.99 Å². The molecule has 0 bridgehead atoms.